The second kappa shape index (κ2) is 5.58. The summed E-state index contributed by atoms with van der Waals surface area (Å²) in [5.41, 5.74) is 2.29. The van der Waals surface area contributed by atoms with Crippen molar-refractivity contribution < 1.29 is 9.90 Å². The lowest BCUT2D eigenvalue weighted by Crippen LogP contribution is -2.38. The highest BCUT2D eigenvalue weighted by Crippen LogP contribution is 2.32. The first-order valence-electron chi connectivity index (χ1n) is 6.43. The van der Waals surface area contributed by atoms with Crippen molar-refractivity contribution in [2.75, 3.05) is 11.4 Å². The summed E-state index contributed by atoms with van der Waals surface area (Å²) in [6.07, 6.45) is 0.621. The van der Waals surface area contributed by atoms with Crippen LogP contribution in [0.2, 0.25) is 0 Å². The minimum absolute atomic E-state index is 0.326. The molecule has 20 heavy (non-hydrogen) atoms. The van der Waals surface area contributed by atoms with Crippen LogP contribution in [0.5, 0.6) is 0 Å². The van der Waals surface area contributed by atoms with Gasteiger partial charge in [-0.2, -0.15) is 0 Å². The van der Waals surface area contributed by atoms with Gasteiger partial charge in [0.2, 0.25) is 0 Å². The van der Waals surface area contributed by atoms with E-state index in [2.05, 4.69) is 33.0 Å². The van der Waals surface area contributed by atoms with Crippen LogP contribution in [0.3, 0.4) is 0 Å². The summed E-state index contributed by atoms with van der Waals surface area (Å²) in [5.74, 6) is -1.04. The quantitative estimate of drug-likeness (QED) is 0.914. The van der Waals surface area contributed by atoms with Gasteiger partial charge in [0.05, 0.1) is 16.2 Å². The number of rotatable bonds is 3. The molecule has 3 nitrogen and oxygen atoms in total. The molecule has 1 N–H and O–H groups in total. The molecule has 3 rings (SSSR count). The summed E-state index contributed by atoms with van der Waals surface area (Å²) in [6, 6.07) is 12.2. The van der Waals surface area contributed by atoms with Crippen molar-refractivity contribution in [2.45, 2.75) is 13.0 Å². The third kappa shape index (κ3) is 2.74. The predicted octanol–water partition coefficient (Wildman–Crippen LogP) is 3.77. The van der Waals surface area contributed by atoms with Crippen molar-refractivity contribution in [1.29, 1.82) is 0 Å². The van der Waals surface area contributed by atoms with E-state index in [0.717, 1.165) is 21.6 Å². The van der Waals surface area contributed by atoms with Crippen LogP contribution in [0.1, 0.15) is 10.4 Å². The standard InChI is InChI=1S/C15H14BrNO2S/c16-14-6-5-12(20-14)9-17-8-11(15(18)19)7-10-3-1-2-4-13(10)17/h1-6,11H,7-9H2,(H,18,19). The number of thiophene rings is 1. The smallest absolute Gasteiger partial charge is 0.308 e. The number of carboxylic acids is 1. The van der Waals surface area contributed by atoms with Crippen molar-refractivity contribution in [3.05, 3.63) is 50.6 Å². The van der Waals surface area contributed by atoms with E-state index in [9.17, 15) is 9.90 Å². The number of hydrogen-bond acceptors (Lipinski definition) is 3. The largest absolute Gasteiger partial charge is 0.481 e. The van der Waals surface area contributed by atoms with Gasteiger partial charge in [-0.1, -0.05) is 18.2 Å². The van der Waals surface area contributed by atoms with E-state index in [4.69, 9.17) is 0 Å². The fraction of sp³-hybridized carbons (Fsp3) is 0.267. The Morgan fingerprint density at radius 1 is 1.35 bits per heavy atom. The Hall–Kier alpha value is -1.33. The van der Waals surface area contributed by atoms with Gasteiger partial charge in [0.1, 0.15) is 0 Å². The molecular formula is C15H14BrNO2S. The van der Waals surface area contributed by atoms with Crippen LogP contribution in [0.15, 0.2) is 40.2 Å². The van der Waals surface area contributed by atoms with Crippen molar-refractivity contribution in [3.8, 4) is 0 Å². The van der Waals surface area contributed by atoms with Gasteiger partial charge in [-0.15, -0.1) is 11.3 Å². The van der Waals surface area contributed by atoms with Crippen LogP contribution in [0, 0.1) is 5.92 Å². The first kappa shape index (κ1) is 13.6. The molecular weight excluding hydrogens is 338 g/mol. The summed E-state index contributed by atoms with van der Waals surface area (Å²) in [6.45, 7) is 1.33. The van der Waals surface area contributed by atoms with Gasteiger partial charge in [-0.05, 0) is 46.1 Å². The van der Waals surface area contributed by atoms with Gasteiger partial charge in [0.25, 0.3) is 0 Å². The van der Waals surface area contributed by atoms with E-state index in [-0.39, 0.29) is 5.92 Å². The van der Waals surface area contributed by atoms with Crippen molar-refractivity contribution in [2.24, 2.45) is 5.92 Å². The molecule has 0 amide bonds. The third-order valence-electron chi connectivity index (χ3n) is 3.56. The molecule has 0 saturated carbocycles. The summed E-state index contributed by atoms with van der Waals surface area (Å²) in [7, 11) is 0. The van der Waals surface area contributed by atoms with Crippen molar-refractivity contribution in [1.82, 2.24) is 0 Å². The number of carboxylic acid groups (broad SMARTS) is 1. The zero-order chi connectivity index (χ0) is 14.1. The highest BCUT2D eigenvalue weighted by Gasteiger charge is 2.28. The Morgan fingerprint density at radius 2 is 2.15 bits per heavy atom. The SMILES string of the molecule is O=C(O)C1Cc2ccccc2N(Cc2ccc(Br)s2)C1. The average Bonchev–Trinajstić information content (AvgIpc) is 2.84. The molecule has 2 heterocycles. The molecule has 104 valence electrons. The Kier molecular flexibility index (Phi) is 3.81. The fourth-order valence-corrected chi connectivity index (χ4v) is 4.13. The van der Waals surface area contributed by atoms with Gasteiger partial charge in [-0.3, -0.25) is 4.79 Å². The van der Waals surface area contributed by atoms with E-state index in [0.29, 0.717) is 13.0 Å². The lowest BCUT2D eigenvalue weighted by molar-refractivity contribution is -0.141. The van der Waals surface area contributed by atoms with Crippen LogP contribution in [0.4, 0.5) is 5.69 Å². The van der Waals surface area contributed by atoms with E-state index in [1.165, 1.54) is 4.88 Å². The number of nitrogens with zero attached hydrogens (tertiary/aromatic N) is 1. The lowest BCUT2D eigenvalue weighted by atomic mass is 9.92. The molecule has 1 aromatic heterocycles. The van der Waals surface area contributed by atoms with Gasteiger partial charge in [-0.25, -0.2) is 0 Å². The number of carbonyl (C=O) groups is 1. The van der Waals surface area contributed by atoms with E-state index in [1.54, 1.807) is 11.3 Å². The molecule has 1 unspecified atom stereocenters. The second-order valence-electron chi connectivity index (χ2n) is 4.95. The number of para-hydroxylation sites is 1. The second-order valence-corrected chi connectivity index (χ2v) is 7.50. The maximum Gasteiger partial charge on any atom is 0.308 e. The molecule has 0 fully saturated rings. The molecule has 0 spiro atoms. The van der Waals surface area contributed by atoms with Crippen LogP contribution >= 0.6 is 27.3 Å². The number of hydrogen-bond donors (Lipinski definition) is 1. The zero-order valence-electron chi connectivity index (χ0n) is 10.8. The van der Waals surface area contributed by atoms with E-state index >= 15 is 0 Å². The Balaban J connectivity index is 1.90. The number of aliphatic carboxylic acids is 1. The molecule has 0 bridgehead atoms. The summed E-state index contributed by atoms with van der Waals surface area (Å²) in [5, 5.41) is 9.32. The molecule has 1 aromatic carbocycles. The zero-order valence-corrected chi connectivity index (χ0v) is 13.2. The normalized spacial score (nSPS) is 17.9. The highest BCUT2D eigenvalue weighted by molar-refractivity contribution is 9.11. The molecule has 1 aliphatic heterocycles. The highest BCUT2D eigenvalue weighted by atomic mass is 79.9. The van der Waals surface area contributed by atoms with Crippen molar-refractivity contribution in [3.63, 3.8) is 0 Å². The number of halogens is 1. The predicted molar refractivity (Wildman–Crippen MR) is 84.3 cm³/mol. The first-order chi connectivity index (χ1) is 9.63. The molecule has 1 aliphatic rings. The van der Waals surface area contributed by atoms with Crippen LogP contribution < -0.4 is 4.90 Å². The third-order valence-corrected chi connectivity index (χ3v) is 5.17. The summed E-state index contributed by atoms with van der Waals surface area (Å²) in [4.78, 5) is 14.7. The van der Waals surface area contributed by atoms with Crippen molar-refractivity contribution >= 4 is 38.9 Å². The van der Waals surface area contributed by atoms with E-state index in [1.807, 2.05) is 24.3 Å². The molecule has 2 aromatic rings. The number of benzene rings is 1. The number of anilines is 1. The topological polar surface area (TPSA) is 40.5 Å². The Morgan fingerprint density at radius 3 is 2.85 bits per heavy atom. The molecule has 0 saturated heterocycles. The maximum absolute atomic E-state index is 11.3. The lowest BCUT2D eigenvalue weighted by Gasteiger charge is -2.34. The molecule has 0 radical (unpaired) electrons. The van der Waals surface area contributed by atoms with Crippen LogP contribution in [-0.2, 0) is 17.8 Å². The van der Waals surface area contributed by atoms with Gasteiger partial charge < -0.3 is 10.0 Å². The van der Waals surface area contributed by atoms with Crippen LogP contribution in [0.25, 0.3) is 0 Å². The van der Waals surface area contributed by atoms with Crippen LogP contribution in [-0.4, -0.2) is 17.6 Å². The number of fused-ring (bicyclic) bond motifs is 1. The monoisotopic (exact) mass is 351 g/mol. The van der Waals surface area contributed by atoms with E-state index < -0.39 is 5.97 Å². The van der Waals surface area contributed by atoms with Gasteiger partial charge in [0, 0.05) is 17.1 Å². The average molecular weight is 352 g/mol. The summed E-state index contributed by atoms with van der Waals surface area (Å²) < 4.78 is 1.10. The van der Waals surface area contributed by atoms with Gasteiger partial charge in [0.15, 0.2) is 0 Å². The summed E-state index contributed by atoms with van der Waals surface area (Å²) >= 11 is 5.16. The Bertz CT molecular complexity index is 640. The minimum Gasteiger partial charge on any atom is -0.481 e. The maximum atomic E-state index is 11.3. The molecule has 1 atom stereocenters. The fourth-order valence-electron chi connectivity index (χ4n) is 2.63. The first-order valence-corrected chi connectivity index (χ1v) is 8.04. The van der Waals surface area contributed by atoms with Gasteiger partial charge >= 0.3 is 5.97 Å². The molecule has 5 heteroatoms. The molecule has 0 aliphatic carbocycles. The minimum atomic E-state index is -0.711. The Labute approximate surface area is 130 Å².